The molecule has 3 rings (SSSR count). The number of rotatable bonds is 5. The third-order valence-electron chi connectivity index (χ3n) is 3.54. The maximum Gasteiger partial charge on any atom is 0.369 e. The Balaban J connectivity index is 2.00. The average molecular weight is 323 g/mol. The van der Waals surface area contributed by atoms with Crippen molar-refractivity contribution in [3.63, 3.8) is 0 Å². The van der Waals surface area contributed by atoms with Crippen LogP contribution in [-0.2, 0) is 0 Å². The van der Waals surface area contributed by atoms with Crippen LogP contribution in [0.25, 0.3) is 5.69 Å². The molecule has 0 aliphatic carbocycles. The Morgan fingerprint density at radius 2 is 1.75 bits per heavy atom. The minimum Gasteiger partial charge on any atom is -0.258 e. The summed E-state index contributed by atoms with van der Waals surface area (Å²) in [6.45, 7) is 3.76. The Labute approximate surface area is 136 Å². The molecule has 0 bridgehead atoms. The largest absolute Gasteiger partial charge is 0.369 e. The summed E-state index contributed by atoms with van der Waals surface area (Å²) in [6.07, 6.45) is 1.60. The number of tetrazole rings is 1. The van der Waals surface area contributed by atoms with E-state index < -0.39 is 16.7 Å². The fourth-order valence-electron chi connectivity index (χ4n) is 2.34. The molecule has 0 amide bonds. The van der Waals surface area contributed by atoms with E-state index in [1.165, 1.54) is 28.9 Å². The van der Waals surface area contributed by atoms with Crippen molar-refractivity contribution in [2.75, 3.05) is 0 Å². The van der Waals surface area contributed by atoms with Gasteiger partial charge in [0.05, 0.1) is 10.6 Å². The van der Waals surface area contributed by atoms with Crippen LogP contribution in [0.4, 0.5) is 5.69 Å². The zero-order chi connectivity index (χ0) is 17.1. The summed E-state index contributed by atoms with van der Waals surface area (Å²) in [4.78, 5) is 22.8. The van der Waals surface area contributed by atoms with E-state index in [9.17, 15) is 14.9 Å². The first-order valence-electron chi connectivity index (χ1n) is 7.08. The predicted octanol–water partition coefficient (Wildman–Crippen LogP) is 2.11. The molecule has 0 radical (unpaired) electrons. The summed E-state index contributed by atoms with van der Waals surface area (Å²) in [5, 5.41) is 18.5. The van der Waals surface area contributed by atoms with E-state index in [0.717, 1.165) is 10.2 Å². The summed E-state index contributed by atoms with van der Waals surface area (Å²) in [5.41, 5.74) is 0.725. The summed E-state index contributed by atoms with van der Waals surface area (Å²) in [5.74, 6) is 0. The quantitative estimate of drug-likeness (QED) is 0.407. The van der Waals surface area contributed by atoms with Gasteiger partial charge in [0.15, 0.2) is 0 Å². The lowest BCUT2D eigenvalue weighted by Crippen LogP contribution is -2.27. The summed E-state index contributed by atoms with van der Waals surface area (Å²) < 4.78 is 2.30. The zero-order valence-corrected chi connectivity index (χ0v) is 12.5. The number of benzene rings is 2. The van der Waals surface area contributed by atoms with Gasteiger partial charge < -0.3 is 0 Å². The molecule has 3 aromatic rings. The Morgan fingerprint density at radius 1 is 1.08 bits per heavy atom. The van der Waals surface area contributed by atoms with E-state index in [1.54, 1.807) is 6.08 Å². The van der Waals surface area contributed by atoms with Gasteiger partial charge in [-0.25, -0.2) is 4.79 Å². The van der Waals surface area contributed by atoms with Gasteiger partial charge in [-0.3, -0.25) is 10.1 Å². The van der Waals surface area contributed by atoms with Crippen molar-refractivity contribution in [2.24, 2.45) is 0 Å². The predicted molar refractivity (Wildman–Crippen MR) is 87.1 cm³/mol. The van der Waals surface area contributed by atoms with Crippen molar-refractivity contribution in [2.45, 2.75) is 6.04 Å². The van der Waals surface area contributed by atoms with E-state index in [0.29, 0.717) is 5.69 Å². The number of nitro groups is 1. The monoisotopic (exact) mass is 323 g/mol. The van der Waals surface area contributed by atoms with Crippen LogP contribution in [0.2, 0.25) is 0 Å². The minimum absolute atomic E-state index is 0.0626. The molecule has 1 unspecified atom stereocenters. The van der Waals surface area contributed by atoms with Gasteiger partial charge in [0, 0.05) is 12.1 Å². The van der Waals surface area contributed by atoms with Gasteiger partial charge in [-0.1, -0.05) is 36.4 Å². The molecule has 0 aliphatic heterocycles. The van der Waals surface area contributed by atoms with Crippen molar-refractivity contribution in [3.05, 3.63) is 93.4 Å². The number of aromatic nitrogens is 4. The molecule has 1 aromatic heterocycles. The van der Waals surface area contributed by atoms with Crippen LogP contribution in [0, 0.1) is 10.1 Å². The average Bonchev–Trinajstić information content (AvgIpc) is 2.98. The Morgan fingerprint density at radius 3 is 2.33 bits per heavy atom. The number of allylic oxidation sites excluding steroid dienone is 1. The van der Waals surface area contributed by atoms with Crippen molar-refractivity contribution < 1.29 is 4.92 Å². The molecule has 0 saturated carbocycles. The van der Waals surface area contributed by atoms with Gasteiger partial charge in [-0.15, -0.1) is 6.58 Å². The fourth-order valence-corrected chi connectivity index (χ4v) is 2.34. The third-order valence-corrected chi connectivity index (χ3v) is 3.54. The first kappa shape index (κ1) is 15.3. The molecule has 0 fully saturated rings. The lowest BCUT2D eigenvalue weighted by Gasteiger charge is -2.10. The van der Waals surface area contributed by atoms with Gasteiger partial charge in [0.2, 0.25) is 0 Å². The van der Waals surface area contributed by atoms with E-state index in [-0.39, 0.29) is 5.69 Å². The molecule has 0 saturated heterocycles. The highest BCUT2D eigenvalue weighted by Crippen LogP contribution is 2.17. The molecule has 0 N–H and O–H groups in total. The third kappa shape index (κ3) is 2.72. The van der Waals surface area contributed by atoms with E-state index >= 15 is 0 Å². The van der Waals surface area contributed by atoms with Crippen molar-refractivity contribution in [3.8, 4) is 5.69 Å². The standard InChI is InChI=1S/C16H13N5O3/c1-2-15(12-6-4-3-5-7-12)20-16(22)19(17-18-20)13-8-10-14(11-9-13)21(23)24/h2-11,15H,1H2. The zero-order valence-electron chi connectivity index (χ0n) is 12.5. The summed E-state index contributed by atoms with van der Waals surface area (Å²) >= 11 is 0. The Kier molecular flexibility index (Phi) is 4.02. The fraction of sp³-hybridized carbons (Fsp3) is 0.0625. The van der Waals surface area contributed by atoms with Crippen LogP contribution in [0.3, 0.4) is 0 Å². The number of nitro benzene ring substituents is 1. The number of non-ortho nitro benzene ring substituents is 1. The van der Waals surface area contributed by atoms with E-state index in [2.05, 4.69) is 17.0 Å². The van der Waals surface area contributed by atoms with Crippen LogP contribution < -0.4 is 5.69 Å². The molecule has 24 heavy (non-hydrogen) atoms. The molecule has 1 heterocycles. The van der Waals surface area contributed by atoms with Gasteiger partial charge in [0.25, 0.3) is 5.69 Å². The smallest absolute Gasteiger partial charge is 0.258 e. The lowest BCUT2D eigenvalue weighted by atomic mass is 10.1. The second-order valence-electron chi connectivity index (χ2n) is 4.98. The molecule has 2 aromatic carbocycles. The first-order valence-corrected chi connectivity index (χ1v) is 7.08. The second-order valence-corrected chi connectivity index (χ2v) is 4.98. The summed E-state index contributed by atoms with van der Waals surface area (Å²) in [7, 11) is 0. The number of hydrogen-bond donors (Lipinski definition) is 0. The highest BCUT2D eigenvalue weighted by atomic mass is 16.6. The first-order chi connectivity index (χ1) is 11.6. The molecule has 8 nitrogen and oxygen atoms in total. The maximum absolute atomic E-state index is 12.6. The molecule has 0 spiro atoms. The minimum atomic E-state index is -0.507. The molecule has 1 atom stereocenters. The lowest BCUT2D eigenvalue weighted by molar-refractivity contribution is -0.384. The van der Waals surface area contributed by atoms with Crippen LogP contribution in [-0.4, -0.2) is 24.7 Å². The highest BCUT2D eigenvalue weighted by Gasteiger charge is 2.17. The topological polar surface area (TPSA) is 95.8 Å². The van der Waals surface area contributed by atoms with Crippen LogP contribution >= 0.6 is 0 Å². The molecular weight excluding hydrogens is 310 g/mol. The molecule has 120 valence electrons. The molecule has 0 aliphatic rings. The van der Waals surface area contributed by atoms with Crippen LogP contribution in [0.5, 0.6) is 0 Å². The number of hydrogen-bond acceptors (Lipinski definition) is 5. The van der Waals surface area contributed by atoms with Crippen molar-refractivity contribution >= 4 is 5.69 Å². The van der Waals surface area contributed by atoms with E-state index in [4.69, 9.17) is 0 Å². The second kappa shape index (κ2) is 6.29. The number of nitrogens with zero attached hydrogens (tertiary/aromatic N) is 5. The SMILES string of the molecule is C=CC(c1ccccc1)n1nnn(-c2ccc([N+](=O)[O-])cc2)c1=O. The van der Waals surface area contributed by atoms with Crippen molar-refractivity contribution in [1.29, 1.82) is 0 Å². The van der Waals surface area contributed by atoms with E-state index in [1.807, 2.05) is 30.3 Å². The van der Waals surface area contributed by atoms with Crippen LogP contribution in [0.1, 0.15) is 11.6 Å². The van der Waals surface area contributed by atoms with Gasteiger partial charge in [-0.2, -0.15) is 9.36 Å². The highest BCUT2D eigenvalue weighted by molar-refractivity contribution is 5.39. The molecular formula is C16H13N5O3. The van der Waals surface area contributed by atoms with Gasteiger partial charge in [-0.05, 0) is 28.1 Å². The van der Waals surface area contributed by atoms with Gasteiger partial charge in [0.1, 0.15) is 6.04 Å². The molecule has 8 heteroatoms. The Hall–Kier alpha value is -3.55. The normalized spacial score (nSPS) is 11.8. The van der Waals surface area contributed by atoms with Crippen LogP contribution in [0.15, 0.2) is 72.0 Å². The maximum atomic E-state index is 12.6. The van der Waals surface area contributed by atoms with Gasteiger partial charge >= 0.3 is 5.69 Å². The Bertz CT molecular complexity index is 928. The summed E-state index contributed by atoms with van der Waals surface area (Å²) in [6, 6.07) is 14.4. The van der Waals surface area contributed by atoms with Crippen molar-refractivity contribution in [1.82, 2.24) is 19.8 Å².